The van der Waals surface area contributed by atoms with Crippen LogP contribution in [-0.2, 0) is 24.8 Å². The third-order valence-corrected chi connectivity index (χ3v) is 7.60. The summed E-state index contributed by atoms with van der Waals surface area (Å²) in [6.07, 6.45) is 0. The maximum atomic E-state index is 12.7. The van der Waals surface area contributed by atoms with Crippen LogP contribution >= 0.6 is 11.6 Å². The van der Waals surface area contributed by atoms with Crippen LogP contribution in [-0.4, -0.2) is 22.7 Å². The van der Waals surface area contributed by atoms with Gasteiger partial charge in [-0.25, -0.2) is 16.8 Å². The predicted molar refractivity (Wildman–Crippen MR) is 125 cm³/mol. The van der Waals surface area contributed by atoms with Crippen molar-refractivity contribution in [3.63, 3.8) is 0 Å². The fourth-order valence-corrected chi connectivity index (χ4v) is 5.11. The van der Waals surface area contributed by atoms with Crippen LogP contribution in [0.15, 0.2) is 76.5 Å². The summed E-state index contributed by atoms with van der Waals surface area (Å²) in [5.41, 5.74) is 1.60. The van der Waals surface area contributed by atoms with Gasteiger partial charge in [0.2, 0.25) is 5.91 Å². The highest BCUT2D eigenvalue weighted by atomic mass is 35.5. The van der Waals surface area contributed by atoms with E-state index in [0.29, 0.717) is 22.0 Å². The third-order valence-electron chi connectivity index (χ3n) is 4.41. The molecular formula is C21H20ClN3O5S2. The minimum Gasteiger partial charge on any atom is -0.326 e. The number of hydrogen-bond donors (Lipinski definition) is 3. The Morgan fingerprint density at radius 2 is 1.25 bits per heavy atom. The number of halogens is 1. The summed E-state index contributed by atoms with van der Waals surface area (Å²) in [7, 11) is -7.81. The smallest absolute Gasteiger partial charge is 0.261 e. The number of nitrogens with one attached hydrogen (secondary N) is 3. The molecule has 0 heterocycles. The van der Waals surface area contributed by atoms with Gasteiger partial charge in [0.15, 0.2) is 0 Å². The zero-order chi connectivity index (χ0) is 23.5. The Morgan fingerprint density at radius 3 is 1.78 bits per heavy atom. The number of carbonyl (C=O) groups is 1. The summed E-state index contributed by atoms with van der Waals surface area (Å²) in [4.78, 5) is 11.0. The van der Waals surface area contributed by atoms with Crippen LogP contribution in [0.25, 0.3) is 0 Å². The molecule has 0 saturated heterocycles. The molecule has 3 aromatic carbocycles. The van der Waals surface area contributed by atoms with Crippen molar-refractivity contribution in [2.24, 2.45) is 0 Å². The van der Waals surface area contributed by atoms with Crippen LogP contribution in [0, 0.1) is 6.92 Å². The molecule has 168 valence electrons. The molecule has 0 aliphatic rings. The third kappa shape index (κ3) is 5.58. The summed E-state index contributed by atoms with van der Waals surface area (Å²) in [5.74, 6) is -0.270. The first-order valence-corrected chi connectivity index (χ1v) is 12.6. The van der Waals surface area contributed by atoms with Crippen LogP contribution in [0.3, 0.4) is 0 Å². The second-order valence-electron chi connectivity index (χ2n) is 6.85. The molecule has 0 aromatic heterocycles. The van der Waals surface area contributed by atoms with Crippen molar-refractivity contribution >= 4 is 54.6 Å². The average Bonchev–Trinajstić information content (AvgIpc) is 2.71. The van der Waals surface area contributed by atoms with Crippen molar-refractivity contribution in [1.29, 1.82) is 0 Å². The number of amides is 1. The van der Waals surface area contributed by atoms with Crippen molar-refractivity contribution in [2.75, 3.05) is 14.8 Å². The summed E-state index contributed by atoms with van der Waals surface area (Å²) >= 11 is 6.03. The lowest BCUT2D eigenvalue weighted by Gasteiger charge is -2.12. The van der Waals surface area contributed by atoms with Crippen LogP contribution in [0.4, 0.5) is 17.1 Å². The van der Waals surface area contributed by atoms with Gasteiger partial charge >= 0.3 is 0 Å². The summed E-state index contributed by atoms with van der Waals surface area (Å²) in [6, 6.07) is 15.8. The normalized spacial score (nSPS) is 11.6. The Balaban J connectivity index is 1.76. The monoisotopic (exact) mass is 493 g/mol. The van der Waals surface area contributed by atoms with Crippen molar-refractivity contribution in [3.8, 4) is 0 Å². The second kappa shape index (κ2) is 9.19. The highest BCUT2D eigenvalue weighted by Gasteiger charge is 2.18. The van der Waals surface area contributed by atoms with Crippen molar-refractivity contribution in [1.82, 2.24) is 0 Å². The van der Waals surface area contributed by atoms with Gasteiger partial charge in [0, 0.05) is 23.3 Å². The molecule has 0 saturated carbocycles. The minimum absolute atomic E-state index is 0.0126. The van der Waals surface area contributed by atoms with Gasteiger partial charge in [-0.2, -0.15) is 0 Å². The van der Waals surface area contributed by atoms with E-state index in [2.05, 4.69) is 14.8 Å². The lowest BCUT2D eigenvalue weighted by Crippen LogP contribution is -2.15. The molecule has 32 heavy (non-hydrogen) atoms. The van der Waals surface area contributed by atoms with Gasteiger partial charge in [-0.1, -0.05) is 17.7 Å². The largest absolute Gasteiger partial charge is 0.326 e. The van der Waals surface area contributed by atoms with Gasteiger partial charge in [-0.05, 0) is 73.2 Å². The van der Waals surface area contributed by atoms with E-state index >= 15 is 0 Å². The van der Waals surface area contributed by atoms with Crippen LogP contribution in [0.1, 0.15) is 12.5 Å². The number of anilines is 3. The predicted octanol–water partition coefficient (Wildman–Crippen LogP) is 4.21. The van der Waals surface area contributed by atoms with E-state index in [0.717, 1.165) is 0 Å². The van der Waals surface area contributed by atoms with Crippen molar-refractivity contribution in [2.45, 2.75) is 23.6 Å². The minimum atomic E-state index is -3.91. The first-order valence-electron chi connectivity index (χ1n) is 9.26. The second-order valence-corrected chi connectivity index (χ2v) is 10.6. The lowest BCUT2D eigenvalue weighted by molar-refractivity contribution is -0.114. The van der Waals surface area contributed by atoms with E-state index < -0.39 is 20.0 Å². The fourth-order valence-electron chi connectivity index (χ4n) is 2.76. The fraction of sp³-hybridized carbons (Fsp3) is 0.0952. The zero-order valence-electron chi connectivity index (χ0n) is 17.1. The number of rotatable bonds is 7. The number of sulfonamides is 2. The van der Waals surface area contributed by atoms with E-state index in [9.17, 15) is 21.6 Å². The molecule has 3 N–H and O–H groups in total. The molecule has 0 unspecified atom stereocenters. The zero-order valence-corrected chi connectivity index (χ0v) is 19.5. The molecule has 0 atom stereocenters. The molecule has 0 radical (unpaired) electrons. The number of benzene rings is 3. The summed E-state index contributed by atoms with van der Waals surface area (Å²) in [6.45, 7) is 3.04. The standard InChI is InChI=1S/C21H20ClN3O5S2/c1-14-20(22)4-3-5-21(14)25-32(29,30)19-12-8-17(9-13-19)24-31(27,28)18-10-6-16(7-11-18)23-15(2)26/h3-13,24-25H,1-2H3,(H,23,26). The Bertz CT molecular complexity index is 1360. The van der Waals surface area contributed by atoms with E-state index in [1.165, 1.54) is 55.5 Å². The van der Waals surface area contributed by atoms with Crippen molar-refractivity contribution < 1.29 is 21.6 Å². The molecule has 3 aromatic rings. The maximum Gasteiger partial charge on any atom is 0.261 e. The molecule has 8 nitrogen and oxygen atoms in total. The molecule has 11 heteroatoms. The maximum absolute atomic E-state index is 12.7. The van der Waals surface area contributed by atoms with Crippen LogP contribution < -0.4 is 14.8 Å². The average molecular weight is 494 g/mol. The highest BCUT2D eigenvalue weighted by molar-refractivity contribution is 7.93. The Kier molecular flexibility index (Phi) is 6.77. The van der Waals surface area contributed by atoms with Crippen LogP contribution in [0.2, 0.25) is 5.02 Å². The molecule has 0 bridgehead atoms. The number of carbonyl (C=O) groups excluding carboxylic acids is 1. The van der Waals surface area contributed by atoms with Gasteiger partial charge in [-0.3, -0.25) is 14.2 Å². The first kappa shape index (κ1) is 23.6. The Hall–Kier alpha value is -3.08. The SMILES string of the molecule is CC(=O)Nc1ccc(S(=O)(=O)Nc2ccc(S(=O)(=O)Nc3cccc(Cl)c3C)cc2)cc1. The topological polar surface area (TPSA) is 121 Å². The Morgan fingerprint density at radius 1 is 0.750 bits per heavy atom. The Labute approximate surface area is 191 Å². The van der Waals surface area contributed by atoms with E-state index in [1.54, 1.807) is 25.1 Å². The van der Waals surface area contributed by atoms with Gasteiger partial charge in [0.05, 0.1) is 15.5 Å². The molecule has 1 amide bonds. The van der Waals surface area contributed by atoms with Crippen LogP contribution in [0.5, 0.6) is 0 Å². The molecule has 0 aliphatic heterocycles. The summed E-state index contributed by atoms with van der Waals surface area (Å²) < 4.78 is 55.4. The number of hydrogen-bond acceptors (Lipinski definition) is 5. The van der Waals surface area contributed by atoms with Gasteiger partial charge in [0.25, 0.3) is 20.0 Å². The van der Waals surface area contributed by atoms with E-state index in [1.807, 2.05) is 0 Å². The van der Waals surface area contributed by atoms with Crippen molar-refractivity contribution in [3.05, 3.63) is 77.3 Å². The quantitative estimate of drug-likeness (QED) is 0.455. The van der Waals surface area contributed by atoms with E-state index in [4.69, 9.17) is 11.6 Å². The lowest BCUT2D eigenvalue weighted by atomic mass is 10.2. The van der Waals surface area contributed by atoms with E-state index in [-0.39, 0.29) is 21.4 Å². The molecule has 0 spiro atoms. The summed E-state index contributed by atoms with van der Waals surface area (Å²) in [5, 5.41) is 2.98. The molecule has 3 rings (SSSR count). The molecule has 0 fully saturated rings. The van der Waals surface area contributed by atoms with Gasteiger partial charge < -0.3 is 5.32 Å². The highest BCUT2D eigenvalue weighted by Crippen LogP contribution is 2.26. The first-order chi connectivity index (χ1) is 15.0. The van der Waals surface area contributed by atoms with Gasteiger partial charge in [0.1, 0.15) is 0 Å². The molecule has 0 aliphatic carbocycles. The molecular weight excluding hydrogens is 474 g/mol. The van der Waals surface area contributed by atoms with Gasteiger partial charge in [-0.15, -0.1) is 0 Å².